The van der Waals surface area contributed by atoms with E-state index in [9.17, 15) is 9.59 Å². The topological polar surface area (TPSA) is 96.6 Å². The number of hydrogen-bond donors (Lipinski definition) is 2. The van der Waals surface area contributed by atoms with Crippen molar-refractivity contribution in [3.8, 4) is 16.9 Å². The van der Waals surface area contributed by atoms with Gasteiger partial charge in [-0.3, -0.25) is 4.79 Å². The van der Waals surface area contributed by atoms with Gasteiger partial charge >= 0.3 is 6.09 Å². The minimum atomic E-state index is -0.688. The highest BCUT2D eigenvalue weighted by Gasteiger charge is 2.41. The van der Waals surface area contributed by atoms with E-state index in [1.54, 1.807) is 0 Å². The number of methoxy groups -OCH3 is 1. The van der Waals surface area contributed by atoms with Gasteiger partial charge in [-0.15, -0.1) is 0 Å². The standard InChI is InChI=1S/C30H31ClN4O4/c1-15(2)26(34-30(37)38-4)29(36)35-16(3)5-10-24(35)28-32-23-9-6-17-12-22-20-8-7-19(31)11-18(20)14-39-25(22)13-21(17)27(23)33-28/h6-9,11-13,15-16,24,26H,5,10,14H2,1-4H3,(H,32,33)(H,34,37)/t16-,24?,26-/m0/s1. The number of carbonyl (C=O) groups excluding carboxylic acids is 2. The van der Waals surface area contributed by atoms with Gasteiger partial charge < -0.3 is 24.7 Å². The lowest BCUT2D eigenvalue weighted by Gasteiger charge is -2.32. The monoisotopic (exact) mass is 546 g/mol. The molecule has 1 aromatic heterocycles. The van der Waals surface area contributed by atoms with E-state index in [-0.39, 0.29) is 23.9 Å². The van der Waals surface area contributed by atoms with E-state index in [0.717, 1.165) is 62.9 Å². The molecule has 0 aliphatic carbocycles. The molecule has 1 unspecified atom stereocenters. The number of ether oxygens (including phenoxy) is 2. The summed E-state index contributed by atoms with van der Waals surface area (Å²) in [5.41, 5.74) is 4.98. The molecule has 1 saturated heterocycles. The lowest BCUT2D eigenvalue weighted by molar-refractivity contribution is -0.137. The number of amides is 2. The zero-order valence-electron chi connectivity index (χ0n) is 22.4. The highest BCUT2D eigenvalue weighted by Crippen LogP contribution is 2.43. The molecule has 3 heterocycles. The van der Waals surface area contributed by atoms with Crippen molar-refractivity contribution in [1.29, 1.82) is 0 Å². The maximum atomic E-state index is 13.7. The van der Waals surface area contributed by atoms with Crippen LogP contribution in [0, 0.1) is 5.92 Å². The number of carbonyl (C=O) groups is 2. The van der Waals surface area contributed by atoms with Crippen molar-refractivity contribution in [3.63, 3.8) is 0 Å². The van der Waals surface area contributed by atoms with Gasteiger partial charge in [-0.1, -0.05) is 37.6 Å². The molecule has 202 valence electrons. The van der Waals surface area contributed by atoms with E-state index < -0.39 is 12.1 Å². The molecular weight excluding hydrogens is 516 g/mol. The summed E-state index contributed by atoms with van der Waals surface area (Å²) in [4.78, 5) is 36.1. The molecule has 4 aromatic rings. The van der Waals surface area contributed by atoms with Gasteiger partial charge in [-0.05, 0) is 72.5 Å². The number of halogens is 1. The smallest absolute Gasteiger partial charge is 0.407 e. The van der Waals surface area contributed by atoms with E-state index in [0.29, 0.717) is 11.6 Å². The largest absolute Gasteiger partial charge is 0.488 e. The molecule has 2 amide bonds. The number of imidazole rings is 1. The number of nitrogens with zero attached hydrogens (tertiary/aromatic N) is 2. The zero-order valence-corrected chi connectivity index (χ0v) is 23.1. The Morgan fingerprint density at radius 1 is 1.15 bits per heavy atom. The first-order valence-electron chi connectivity index (χ1n) is 13.3. The maximum absolute atomic E-state index is 13.7. The van der Waals surface area contributed by atoms with Crippen LogP contribution in [0.4, 0.5) is 4.79 Å². The number of alkyl carbamates (subject to hydrolysis) is 1. The molecule has 2 aliphatic heterocycles. The van der Waals surface area contributed by atoms with Crippen molar-refractivity contribution in [2.24, 2.45) is 5.92 Å². The molecular formula is C30H31ClN4O4. The molecule has 9 heteroatoms. The number of nitrogens with one attached hydrogen (secondary N) is 2. The predicted molar refractivity (Wildman–Crippen MR) is 151 cm³/mol. The lowest BCUT2D eigenvalue weighted by Crippen LogP contribution is -2.52. The third kappa shape index (κ3) is 4.36. The molecule has 3 atom stereocenters. The van der Waals surface area contributed by atoms with Gasteiger partial charge in [0.15, 0.2) is 0 Å². The van der Waals surface area contributed by atoms with Crippen molar-refractivity contribution < 1.29 is 19.1 Å². The Morgan fingerprint density at radius 2 is 1.97 bits per heavy atom. The molecule has 0 bridgehead atoms. The van der Waals surface area contributed by atoms with Crippen LogP contribution in [0.3, 0.4) is 0 Å². The summed E-state index contributed by atoms with van der Waals surface area (Å²) in [6, 6.07) is 13.3. The first kappa shape index (κ1) is 25.5. The Hall–Kier alpha value is -3.78. The summed E-state index contributed by atoms with van der Waals surface area (Å²) < 4.78 is 10.9. The Morgan fingerprint density at radius 3 is 2.74 bits per heavy atom. The summed E-state index contributed by atoms with van der Waals surface area (Å²) >= 11 is 6.20. The van der Waals surface area contributed by atoms with Gasteiger partial charge in [0.05, 0.1) is 24.2 Å². The number of fused-ring (bicyclic) bond motifs is 6. The molecule has 1 fully saturated rings. The Labute approximate surface area is 231 Å². The first-order valence-corrected chi connectivity index (χ1v) is 13.7. The third-order valence-electron chi connectivity index (χ3n) is 7.96. The van der Waals surface area contributed by atoms with Gasteiger partial charge in [0.1, 0.15) is 24.2 Å². The van der Waals surface area contributed by atoms with Crippen LogP contribution in [0.2, 0.25) is 5.02 Å². The highest BCUT2D eigenvalue weighted by atomic mass is 35.5. The number of rotatable bonds is 4. The quantitative estimate of drug-likeness (QED) is 0.310. The summed E-state index contributed by atoms with van der Waals surface area (Å²) in [6.07, 6.45) is 1.02. The predicted octanol–water partition coefficient (Wildman–Crippen LogP) is 6.36. The summed E-state index contributed by atoms with van der Waals surface area (Å²) in [5, 5.41) is 5.46. The van der Waals surface area contributed by atoms with Crippen LogP contribution in [0.15, 0.2) is 42.5 Å². The summed E-state index contributed by atoms with van der Waals surface area (Å²) in [7, 11) is 1.30. The van der Waals surface area contributed by atoms with Crippen molar-refractivity contribution >= 4 is 45.4 Å². The molecule has 8 nitrogen and oxygen atoms in total. The van der Waals surface area contributed by atoms with Gasteiger partial charge in [-0.25, -0.2) is 9.78 Å². The van der Waals surface area contributed by atoms with E-state index >= 15 is 0 Å². The molecule has 0 saturated carbocycles. The second kappa shape index (κ2) is 9.75. The van der Waals surface area contributed by atoms with E-state index in [1.807, 2.05) is 49.9 Å². The molecule has 2 N–H and O–H groups in total. The fourth-order valence-corrected chi connectivity index (χ4v) is 6.11. The fourth-order valence-electron chi connectivity index (χ4n) is 5.92. The number of hydrogen-bond acceptors (Lipinski definition) is 5. The molecule has 3 aromatic carbocycles. The molecule has 2 aliphatic rings. The number of H-pyrrole nitrogens is 1. The number of aromatic nitrogens is 2. The molecule has 0 spiro atoms. The summed E-state index contributed by atoms with van der Waals surface area (Å²) in [5.74, 6) is 1.33. The minimum absolute atomic E-state index is 0.0159. The average molecular weight is 547 g/mol. The van der Waals surface area contributed by atoms with Crippen LogP contribution in [0.5, 0.6) is 5.75 Å². The molecule has 0 radical (unpaired) electrons. The van der Waals surface area contributed by atoms with Crippen molar-refractivity contribution in [3.05, 3.63) is 58.9 Å². The second-order valence-corrected chi connectivity index (χ2v) is 11.2. The van der Waals surface area contributed by atoms with E-state index in [2.05, 4.69) is 28.5 Å². The summed E-state index contributed by atoms with van der Waals surface area (Å²) in [6.45, 7) is 6.33. The first-order chi connectivity index (χ1) is 18.7. The van der Waals surface area contributed by atoms with Crippen LogP contribution >= 0.6 is 11.6 Å². The van der Waals surface area contributed by atoms with Crippen molar-refractivity contribution in [2.75, 3.05) is 7.11 Å². The Bertz CT molecular complexity index is 1610. The zero-order chi connectivity index (χ0) is 27.4. The second-order valence-electron chi connectivity index (χ2n) is 10.8. The van der Waals surface area contributed by atoms with Crippen molar-refractivity contribution in [1.82, 2.24) is 20.2 Å². The molecule has 6 rings (SSSR count). The Balaban J connectivity index is 1.38. The van der Waals surface area contributed by atoms with Gasteiger partial charge in [0.25, 0.3) is 0 Å². The van der Waals surface area contributed by atoms with Crippen LogP contribution in [0.25, 0.3) is 32.9 Å². The van der Waals surface area contributed by atoms with Crippen LogP contribution in [-0.2, 0) is 16.1 Å². The van der Waals surface area contributed by atoms with Crippen LogP contribution in [0.1, 0.15) is 51.0 Å². The van der Waals surface area contributed by atoms with Crippen LogP contribution in [-0.4, -0.2) is 46.1 Å². The number of aromatic amines is 1. The minimum Gasteiger partial charge on any atom is -0.488 e. The average Bonchev–Trinajstić information content (AvgIpc) is 3.53. The lowest BCUT2D eigenvalue weighted by atomic mass is 9.94. The number of benzene rings is 3. The third-order valence-corrected chi connectivity index (χ3v) is 8.19. The van der Waals surface area contributed by atoms with Gasteiger partial charge in [0, 0.05) is 22.0 Å². The normalized spacial score (nSPS) is 19.1. The highest BCUT2D eigenvalue weighted by molar-refractivity contribution is 6.30. The maximum Gasteiger partial charge on any atom is 0.407 e. The van der Waals surface area contributed by atoms with Crippen molar-refractivity contribution in [2.45, 2.75) is 58.3 Å². The SMILES string of the molecule is COC(=O)N[C@H](C(=O)N1C(c2nc3c(ccc4cc5c(cc43)OCc3cc(Cl)ccc3-5)[nH]2)CC[C@@H]1C)C(C)C. The van der Waals surface area contributed by atoms with E-state index in [1.165, 1.54) is 7.11 Å². The van der Waals surface area contributed by atoms with Gasteiger partial charge in [0.2, 0.25) is 5.91 Å². The van der Waals surface area contributed by atoms with E-state index in [4.69, 9.17) is 26.1 Å². The molecule has 39 heavy (non-hydrogen) atoms. The number of likely N-dealkylation sites (tertiary alicyclic amines) is 1. The Kier molecular flexibility index (Phi) is 6.38. The van der Waals surface area contributed by atoms with Gasteiger partial charge in [-0.2, -0.15) is 0 Å². The fraction of sp³-hybridized carbons (Fsp3) is 0.367. The van der Waals surface area contributed by atoms with Crippen LogP contribution < -0.4 is 10.1 Å².